The number of anilines is 3. The molecule has 0 saturated carbocycles. The minimum atomic E-state index is -0.0725. The first-order valence-corrected chi connectivity index (χ1v) is 8.38. The molecule has 0 radical (unpaired) electrons. The van der Waals surface area contributed by atoms with Gasteiger partial charge in [-0.2, -0.15) is 0 Å². The predicted molar refractivity (Wildman–Crippen MR) is 96.4 cm³/mol. The van der Waals surface area contributed by atoms with Gasteiger partial charge in [0.2, 0.25) is 0 Å². The SMILES string of the molecule is O=C(c1ccco1)N1CCN(c2ccc(Nc3cccnc3)nn2)CC1. The van der Waals surface area contributed by atoms with Crippen molar-refractivity contribution in [2.45, 2.75) is 0 Å². The fraction of sp³-hybridized carbons (Fsp3) is 0.222. The molecule has 1 amide bonds. The Kier molecular flexibility index (Phi) is 4.46. The van der Waals surface area contributed by atoms with Gasteiger partial charge in [0.05, 0.1) is 18.1 Å². The molecule has 1 saturated heterocycles. The highest BCUT2D eigenvalue weighted by atomic mass is 16.3. The molecule has 8 heteroatoms. The number of nitrogens with one attached hydrogen (secondary N) is 1. The number of hydrogen-bond donors (Lipinski definition) is 1. The molecule has 0 spiro atoms. The van der Waals surface area contributed by atoms with Crippen LogP contribution in [0.1, 0.15) is 10.6 Å². The fourth-order valence-corrected chi connectivity index (χ4v) is 2.84. The molecule has 132 valence electrons. The van der Waals surface area contributed by atoms with Gasteiger partial charge in [0, 0.05) is 32.4 Å². The summed E-state index contributed by atoms with van der Waals surface area (Å²) in [4.78, 5) is 20.3. The highest BCUT2D eigenvalue weighted by Gasteiger charge is 2.24. The van der Waals surface area contributed by atoms with Crippen molar-refractivity contribution in [3.63, 3.8) is 0 Å². The molecule has 1 fully saturated rings. The van der Waals surface area contributed by atoms with E-state index in [0.717, 1.165) is 11.5 Å². The van der Waals surface area contributed by atoms with Gasteiger partial charge in [-0.3, -0.25) is 9.78 Å². The Balaban J connectivity index is 1.35. The Morgan fingerprint density at radius 3 is 2.58 bits per heavy atom. The lowest BCUT2D eigenvalue weighted by molar-refractivity contribution is 0.0714. The summed E-state index contributed by atoms with van der Waals surface area (Å²) in [5, 5.41) is 11.7. The zero-order valence-corrected chi connectivity index (χ0v) is 14.1. The molecule has 0 aliphatic carbocycles. The van der Waals surface area contributed by atoms with Gasteiger partial charge in [0.15, 0.2) is 17.4 Å². The Labute approximate surface area is 150 Å². The minimum Gasteiger partial charge on any atom is -0.459 e. The highest BCUT2D eigenvalue weighted by Crippen LogP contribution is 2.17. The third kappa shape index (κ3) is 3.49. The maximum Gasteiger partial charge on any atom is 0.289 e. The number of carbonyl (C=O) groups excluding carboxylic acids is 1. The van der Waals surface area contributed by atoms with Crippen LogP contribution < -0.4 is 10.2 Å². The van der Waals surface area contributed by atoms with Crippen molar-refractivity contribution in [3.8, 4) is 0 Å². The summed E-state index contributed by atoms with van der Waals surface area (Å²) in [6.45, 7) is 2.65. The van der Waals surface area contributed by atoms with E-state index in [9.17, 15) is 4.79 Å². The topological polar surface area (TPSA) is 87.4 Å². The summed E-state index contributed by atoms with van der Waals surface area (Å²) in [5.74, 6) is 1.76. The molecule has 0 atom stereocenters. The Morgan fingerprint density at radius 2 is 1.92 bits per heavy atom. The molecule has 3 aromatic heterocycles. The number of furan rings is 1. The van der Waals surface area contributed by atoms with Crippen LogP contribution in [0.4, 0.5) is 17.3 Å². The molecule has 1 N–H and O–H groups in total. The minimum absolute atomic E-state index is 0.0725. The molecule has 0 unspecified atom stereocenters. The number of rotatable bonds is 4. The third-order valence-corrected chi connectivity index (χ3v) is 4.21. The van der Waals surface area contributed by atoms with Crippen LogP contribution in [-0.2, 0) is 0 Å². The molecule has 4 heterocycles. The van der Waals surface area contributed by atoms with Crippen LogP contribution in [-0.4, -0.2) is 52.2 Å². The quantitative estimate of drug-likeness (QED) is 0.771. The second kappa shape index (κ2) is 7.22. The lowest BCUT2D eigenvalue weighted by atomic mass is 10.3. The molecule has 1 aliphatic rings. The summed E-state index contributed by atoms with van der Waals surface area (Å²) in [6, 6.07) is 11.0. The van der Waals surface area contributed by atoms with Crippen molar-refractivity contribution in [3.05, 3.63) is 60.8 Å². The summed E-state index contributed by atoms with van der Waals surface area (Å²) in [6.07, 6.45) is 4.96. The Hall–Kier alpha value is -3.42. The summed E-state index contributed by atoms with van der Waals surface area (Å²) in [5.41, 5.74) is 0.861. The van der Waals surface area contributed by atoms with Gasteiger partial charge in [-0.1, -0.05) is 0 Å². The molecular weight excluding hydrogens is 332 g/mol. The number of pyridine rings is 1. The average molecular weight is 350 g/mol. The Morgan fingerprint density at radius 1 is 1.04 bits per heavy atom. The van der Waals surface area contributed by atoms with Crippen molar-refractivity contribution in [2.24, 2.45) is 0 Å². The summed E-state index contributed by atoms with van der Waals surface area (Å²) < 4.78 is 5.18. The van der Waals surface area contributed by atoms with Gasteiger partial charge in [-0.05, 0) is 36.4 Å². The molecule has 0 aromatic carbocycles. The number of piperazine rings is 1. The number of nitrogens with zero attached hydrogens (tertiary/aromatic N) is 5. The standard InChI is InChI=1S/C18H18N6O2/c25-18(15-4-2-12-26-15)24-10-8-23(9-11-24)17-6-5-16(21-22-17)20-14-3-1-7-19-13-14/h1-7,12-13H,8-11H2,(H,20,21). The van der Waals surface area contributed by atoms with Crippen molar-refractivity contribution in [1.82, 2.24) is 20.1 Å². The van der Waals surface area contributed by atoms with E-state index in [1.807, 2.05) is 24.3 Å². The van der Waals surface area contributed by atoms with E-state index in [0.29, 0.717) is 37.8 Å². The van der Waals surface area contributed by atoms with E-state index in [2.05, 4.69) is 25.4 Å². The van der Waals surface area contributed by atoms with Gasteiger partial charge in [-0.25, -0.2) is 0 Å². The number of carbonyl (C=O) groups is 1. The van der Waals surface area contributed by atoms with E-state index < -0.39 is 0 Å². The molecule has 4 rings (SSSR count). The number of hydrogen-bond acceptors (Lipinski definition) is 7. The number of aromatic nitrogens is 3. The van der Waals surface area contributed by atoms with E-state index >= 15 is 0 Å². The first-order valence-electron chi connectivity index (χ1n) is 8.38. The van der Waals surface area contributed by atoms with Crippen LogP contribution in [0.3, 0.4) is 0 Å². The van der Waals surface area contributed by atoms with Crippen LogP contribution in [0.2, 0.25) is 0 Å². The molecular formula is C18H18N6O2. The first kappa shape index (κ1) is 16.1. The van der Waals surface area contributed by atoms with Gasteiger partial charge in [0.1, 0.15) is 0 Å². The van der Waals surface area contributed by atoms with Crippen LogP contribution in [0.5, 0.6) is 0 Å². The third-order valence-electron chi connectivity index (χ3n) is 4.21. The zero-order chi connectivity index (χ0) is 17.8. The van der Waals surface area contributed by atoms with Gasteiger partial charge < -0.3 is 19.5 Å². The second-order valence-electron chi connectivity index (χ2n) is 5.90. The highest BCUT2D eigenvalue weighted by molar-refractivity contribution is 5.91. The monoisotopic (exact) mass is 350 g/mol. The number of amides is 1. The summed E-state index contributed by atoms with van der Waals surface area (Å²) in [7, 11) is 0. The maximum absolute atomic E-state index is 12.3. The average Bonchev–Trinajstić information content (AvgIpc) is 3.24. The van der Waals surface area contributed by atoms with Crippen molar-refractivity contribution >= 4 is 23.2 Å². The van der Waals surface area contributed by atoms with Gasteiger partial charge >= 0.3 is 0 Å². The molecule has 0 bridgehead atoms. The van der Waals surface area contributed by atoms with Crippen LogP contribution in [0, 0.1) is 0 Å². The van der Waals surface area contributed by atoms with E-state index in [-0.39, 0.29) is 5.91 Å². The smallest absolute Gasteiger partial charge is 0.289 e. The lowest BCUT2D eigenvalue weighted by Crippen LogP contribution is -2.49. The molecule has 26 heavy (non-hydrogen) atoms. The zero-order valence-electron chi connectivity index (χ0n) is 14.1. The lowest BCUT2D eigenvalue weighted by Gasteiger charge is -2.34. The van der Waals surface area contributed by atoms with Crippen molar-refractivity contribution in [2.75, 3.05) is 36.4 Å². The normalized spacial score (nSPS) is 14.3. The van der Waals surface area contributed by atoms with Gasteiger partial charge in [0.25, 0.3) is 5.91 Å². The Bertz CT molecular complexity index is 843. The molecule has 3 aromatic rings. The maximum atomic E-state index is 12.3. The molecule has 1 aliphatic heterocycles. The van der Waals surface area contributed by atoms with Crippen LogP contribution >= 0.6 is 0 Å². The first-order chi connectivity index (χ1) is 12.8. The molecule has 8 nitrogen and oxygen atoms in total. The summed E-state index contributed by atoms with van der Waals surface area (Å²) >= 11 is 0. The van der Waals surface area contributed by atoms with E-state index in [1.54, 1.807) is 29.4 Å². The van der Waals surface area contributed by atoms with Crippen molar-refractivity contribution in [1.29, 1.82) is 0 Å². The van der Waals surface area contributed by atoms with E-state index in [4.69, 9.17) is 4.42 Å². The van der Waals surface area contributed by atoms with Crippen LogP contribution in [0.25, 0.3) is 0 Å². The van der Waals surface area contributed by atoms with E-state index in [1.165, 1.54) is 6.26 Å². The fourth-order valence-electron chi connectivity index (χ4n) is 2.84. The van der Waals surface area contributed by atoms with Gasteiger partial charge in [-0.15, -0.1) is 10.2 Å². The van der Waals surface area contributed by atoms with Crippen LogP contribution in [0.15, 0.2) is 59.5 Å². The van der Waals surface area contributed by atoms with Crippen molar-refractivity contribution < 1.29 is 9.21 Å². The largest absolute Gasteiger partial charge is 0.459 e. The predicted octanol–water partition coefficient (Wildman–Crippen LogP) is 2.17. The second-order valence-corrected chi connectivity index (χ2v) is 5.90.